The Labute approximate surface area is 199 Å². The molecule has 4 aromatic rings. The van der Waals surface area contributed by atoms with Crippen molar-refractivity contribution in [3.63, 3.8) is 0 Å². The molecule has 4 rings (SSSR count). The van der Waals surface area contributed by atoms with Gasteiger partial charge in [0.1, 0.15) is 23.2 Å². The zero-order valence-corrected chi connectivity index (χ0v) is 19.3. The predicted octanol–water partition coefficient (Wildman–Crippen LogP) is 1.05. The molecule has 0 spiro atoms. The largest absolute Gasteiger partial charge is 1.00 e. The lowest BCUT2D eigenvalue weighted by Gasteiger charge is -2.28. The van der Waals surface area contributed by atoms with E-state index in [2.05, 4.69) is 0 Å². The van der Waals surface area contributed by atoms with Gasteiger partial charge in [0.2, 0.25) is 0 Å². The van der Waals surface area contributed by atoms with Crippen LogP contribution in [-0.4, -0.2) is 17.0 Å². The van der Waals surface area contributed by atoms with E-state index < -0.39 is 13.2 Å². The van der Waals surface area contributed by atoms with Gasteiger partial charge in [0, 0.05) is 11.6 Å². The first kappa shape index (κ1) is 24.1. The molecule has 33 heavy (non-hydrogen) atoms. The highest BCUT2D eigenvalue weighted by Gasteiger charge is 2.48. The minimum Gasteiger partial charge on any atom is -1.00 e. The van der Waals surface area contributed by atoms with Crippen molar-refractivity contribution in [3.05, 3.63) is 119 Å². The van der Waals surface area contributed by atoms with Gasteiger partial charge in [-0.05, 0) is 36.4 Å². The highest BCUT2D eigenvalue weighted by molar-refractivity contribution is 7.96. The minimum absolute atomic E-state index is 0. The fraction of sp³-hybridized carbons (Fsp3) is 0.0385. The maximum Gasteiger partial charge on any atom is 0.277 e. The van der Waals surface area contributed by atoms with Gasteiger partial charge in [0.25, 0.3) is 11.6 Å². The normalized spacial score (nSPS) is 10.8. The molecule has 166 valence electrons. The smallest absolute Gasteiger partial charge is 0.277 e. The molecular weight excluding hydrogens is 455 g/mol. The van der Waals surface area contributed by atoms with Crippen LogP contribution >= 0.6 is 7.26 Å². The quantitative estimate of drug-likeness (QED) is 0.246. The third-order valence-corrected chi connectivity index (χ3v) is 9.85. The number of nitrogens with zero attached hydrogens (tertiary/aromatic N) is 1. The van der Waals surface area contributed by atoms with Crippen LogP contribution in [0.25, 0.3) is 11.1 Å². The van der Waals surface area contributed by atoms with Crippen LogP contribution in [0.3, 0.4) is 0 Å². The lowest BCUT2D eigenvalue weighted by atomic mass is 10.0. The summed E-state index contributed by atoms with van der Waals surface area (Å²) < 4.78 is 0. The average Bonchev–Trinajstić information content (AvgIpc) is 2.83. The number of primary amides is 1. The van der Waals surface area contributed by atoms with Crippen LogP contribution in [0.15, 0.2) is 109 Å². The summed E-state index contributed by atoms with van der Waals surface area (Å²) in [5, 5.41) is 14.7. The van der Waals surface area contributed by atoms with Crippen LogP contribution in [0.4, 0.5) is 5.69 Å². The fourth-order valence-corrected chi connectivity index (χ4v) is 8.36. The van der Waals surface area contributed by atoms with Crippen LogP contribution < -0.4 is 34.1 Å². The first-order valence-electron chi connectivity index (χ1n) is 10.1. The predicted molar refractivity (Wildman–Crippen MR) is 131 cm³/mol. The van der Waals surface area contributed by atoms with E-state index >= 15 is 0 Å². The number of para-hydroxylation sites is 1. The molecule has 1 amide bonds. The number of nitrogens with two attached hydrogens (primary N) is 1. The standard InChI is InChI=1S/C26H21N2O3P.ClH/c27-26(29)19-32(20-11-3-1-4-12-20,21-13-5-2-6-14-21)25-18-10-8-16-23(25)22-15-7-9-17-24(22)28(30)31;/h1-18H,19H2,(H-,27,29);1H. The van der Waals surface area contributed by atoms with Gasteiger partial charge in [-0.25, -0.2) is 0 Å². The van der Waals surface area contributed by atoms with E-state index in [9.17, 15) is 14.9 Å². The first-order valence-corrected chi connectivity index (χ1v) is 12.1. The lowest BCUT2D eigenvalue weighted by molar-refractivity contribution is -0.384. The molecule has 0 aliphatic heterocycles. The monoisotopic (exact) mass is 476 g/mol. The lowest BCUT2D eigenvalue weighted by Crippen LogP contribution is -3.00. The maximum atomic E-state index is 12.5. The van der Waals surface area contributed by atoms with Crippen LogP contribution in [0, 0.1) is 10.1 Å². The molecule has 0 saturated heterocycles. The number of carbonyl (C=O) groups is 1. The molecule has 0 aliphatic carbocycles. The summed E-state index contributed by atoms with van der Waals surface area (Å²) in [5.41, 5.74) is 7.12. The number of rotatable bonds is 7. The van der Waals surface area contributed by atoms with Crippen molar-refractivity contribution in [3.8, 4) is 11.1 Å². The Morgan fingerprint density at radius 3 is 1.70 bits per heavy atom. The van der Waals surface area contributed by atoms with Gasteiger partial charge >= 0.3 is 0 Å². The Balaban J connectivity index is 0.00000306. The molecule has 0 aromatic heterocycles. The minimum atomic E-state index is -2.56. The number of hydrogen-bond donors (Lipinski definition) is 1. The molecule has 0 radical (unpaired) electrons. The zero-order chi connectivity index (χ0) is 22.6. The van der Waals surface area contributed by atoms with E-state index in [4.69, 9.17) is 5.73 Å². The molecule has 0 saturated carbocycles. The molecule has 0 heterocycles. The number of amides is 1. The molecular formula is C26H22ClN2O3P. The van der Waals surface area contributed by atoms with E-state index in [0.29, 0.717) is 5.56 Å². The van der Waals surface area contributed by atoms with Crippen molar-refractivity contribution < 1.29 is 22.1 Å². The zero-order valence-electron chi connectivity index (χ0n) is 17.7. The molecule has 0 unspecified atom stereocenters. The van der Waals surface area contributed by atoms with Gasteiger partial charge in [0.05, 0.1) is 10.5 Å². The summed E-state index contributed by atoms with van der Waals surface area (Å²) in [6, 6.07) is 34.1. The Hall–Kier alpha value is -3.53. The molecule has 4 aromatic carbocycles. The highest BCUT2D eigenvalue weighted by atomic mass is 35.5. The summed E-state index contributed by atoms with van der Waals surface area (Å²) in [4.78, 5) is 23.9. The van der Waals surface area contributed by atoms with E-state index in [-0.39, 0.29) is 29.2 Å². The Morgan fingerprint density at radius 2 is 1.18 bits per heavy atom. The van der Waals surface area contributed by atoms with Crippen molar-refractivity contribution in [1.29, 1.82) is 0 Å². The van der Waals surface area contributed by atoms with Crippen molar-refractivity contribution in [2.24, 2.45) is 5.73 Å². The van der Waals surface area contributed by atoms with Crippen LogP contribution in [0.5, 0.6) is 0 Å². The van der Waals surface area contributed by atoms with Crippen LogP contribution in [0.2, 0.25) is 0 Å². The molecule has 0 fully saturated rings. The SMILES string of the molecule is NC(=O)C[P+](c1ccccc1)(c1ccccc1)c1ccccc1-c1ccccc1[N+](=O)[O-].[Cl-]. The maximum absolute atomic E-state index is 12.5. The summed E-state index contributed by atoms with van der Waals surface area (Å²) in [5.74, 6) is -0.414. The second-order valence-electron chi connectivity index (χ2n) is 7.40. The summed E-state index contributed by atoms with van der Waals surface area (Å²) in [6.07, 6.45) is 0.124. The third kappa shape index (κ3) is 4.65. The van der Waals surface area contributed by atoms with Crippen molar-refractivity contribution in [1.82, 2.24) is 0 Å². The van der Waals surface area contributed by atoms with E-state index in [1.54, 1.807) is 18.2 Å². The average molecular weight is 477 g/mol. The summed E-state index contributed by atoms with van der Waals surface area (Å²) in [6.45, 7) is 0. The van der Waals surface area contributed by atoms with Gasteiger partial charge in [-0.15, -0.1) is 0 Å². The number of nitro benzene ring substituents is 1. The molecule has 0 atom stereocenters. The second-order valence-corrected chi connectivity index (χ2v) is 10.8. The molecule has 7 heteroatoms. The highest BCUT2D eigenvalue weighted by Crippen LogP contribution is 2.57. The van der Waals surface area contributed by atoms with Crippen molar-refractivity contribution >= 4 is 34.8 Å². The van der Waals surface area contributed by atoms with Gasteiger partial charge in [-0.3, -0.25) is 14.9 Å². The summed E-state index contributed by atoms with van der Waals surface area (Å²) >= 11 is 0. The molecule has 0 aliphatic rings. The third-order valence-electron chi connectivity index (χ3n) is 5.49. The van der Waals surface area contributed by atoms with E-state index in [1.165, 1.54) is 6.07 Å². The Bertz CT molecular complexity index is 1230. The number of halogens is 1. The fourth-order valence-electron chi connectivity index (χ4n) is 4.19. The van der Waals surface area contributed by atoms with Gasteiger partial charge in [-0.1, -0.05) is 66.7 Å². The van der Waals surface area contributed by atoms with Gasteiger partial charge < -0.3 is 18.1 Å². The number of carbonyl (C=O) groups excluding carboxylic acids is 1. The Kier molecular flexibility index (Phi) is 7.59. The molecule has 5 nitrogen and oxygen atoms in total. The van der Waals surface area contributed by atoms with Crippen LogP contribution in [0.1, 0.15) is 0 Å². The van der Waals surface area contributed by atoms with Crippen molar-refractivity contribution in [2.75, 3.05) is 6.16 Å². The number of nitro groups is 1. The van der Waals surface area contributed by atoms with E-state index in [1.807, 2.05) is 84.9 Å². The second kappa shape index (κ2) is 10.4. The topological polar surface area (TPSA) is 86.2 Å². The summed E-state index contributed by atoms with van der Waals surface area (Å²) in [7, 11) is -2.56. The van der Waals surface area contributed by atoms with Gasteiger partial charge in [0.15, 0.2) is 6.16 Å². The number of hydrogen-bond acceptors (Lipinski definition) is 3. The number of benzene rings is 4. The Morgan fingerprint density at radius 1 is 0.727 bits per heavy atom. The van der Waals surface area contributed by atoms with Gasteiger partial charge in [-0.2, -0.15) is 0 Å². The van der Waals surface area contributed by atoms with Crippen molar-refractivity contribution in [2.45, 2.75) is 0 Å². The molecule has 0 bridgehead atoms. The molecule has 2 N–H and O–H groups in total. The van der Waals surface area contributed by atoms with Crippen LogP contribution in [-0.2, 0) is 4.79 Å². The first-order chi connectivity index (χ1) is 15.5. The van der Waals surface area contributed by atoms with E-state index in [0.717, 1.165) is 21.5 Å².